The molecule has 0 unspecified atom stereocenters. The van der Waals surface area contributed by atoms with Crippen LogP contribution in [0.15, 0.2) is 0 Å². The standard InChI is InChI=1S/C15H25NO2/c1-3-18-9(2)15(17)16-14-8-10-7-13(14)12-6-4-5-11(10)12/h9-14H,3-8H2,1-2H3,(H,16,17)/t9-,10-,11-,12-,13+,14-/m1/s1. The molecule has 3 fully saturated rings. The fraction of sp³-hybridized carbons (Fsp3) is 0.933. The molecule has 3 nitrogen and oxygen atoms in total. The highest BCUT2D eigenvalue weighted by molar-refractivity contribution is 5.80. The van der Waals surface area contributed by atoms with Gasteiger partial charge in [-0.3, -0.25) is 4.79 Å². The number of carbonyl (C=O) groups is 1. The molecule has 1 N–H and O–H groups in total. The fourth-order valence-corrected chi connectivity index (χ4v) is 4.86. The van der Waals surface area contributed by atoms with E-state index in [0.29, 0.717) is 12.6 Å². The van der Waals surface area contributed by atoms with Crippen molar-refractivity contribution < 1.29 is 9.53 Å². The van der Waals surface area contributed by atoms with Crippen LogP contribution in [-0.4, -0.2) is 24.7 Å². The van der Waals surface area contributed by atoms with Gasteiger partial charge in [-0.15, -0.1) is 0 Å². The van der Waals surface area contributed by atoms with E-state index in [0.717, 1.165) is 23.7 Å². The molecule has 3 saturated carbocycles. The largest absolute Gasteiger partial charge is 0.369 e. The smallest absolute Gasteiger partial charge is 0.249 e. The molecule has 3 heteroatoms. The Morgan fingerprint density at radius 2 is 2.06 bits per heavy atom. The minimum absolute atomic E-state index is 0.0870. The molecule has 0 aromatic heterocycles. The Bertz CT molecular complexity index is 330. The minimum atomic E-state index is -0.298. The van der Waals surface area contributed by atoms with Crippen molar-refractivity contribution in [3.63, 3.8) is 0 Å². The molecule has 3 rings (SSSR count). The van der Waals surface area contributed by atoms with Crippen molar-refractivity contribution >= 4 is 5.91 Å². The van der Waals surface area contributed by atoms with Crippen molar-refractivity contribution in [2.24, 2.45) is 23.7 Å². The Labute approximate surface area is 110 Å². The normalized spacial score (nSPS) is 42.9. The first kappa shape index (κ1) is 12.5. The lowest BCUT2D eigenvalue weighted by atomic mass is 9.79. The van der Waals surface area contributed by atoms with Gasteiger partial charge in [0.25, 0.3) is 0 Å². The van der Waals surface area contributed by atoms with E-state index in [-0.39, 0.29) is 12.0 Å². The predicted octanol–water partition coefficient (Wildman–Crippen LogP) is 2.35. The highest BCUT2D eigenvalue weighted by Gasteiger charge is 2.54. The number of ether oxygens (including phenoxy) is 1. The summed E-state index contributed by atoms with van der Waals surface area (Å²) in [6.07, 6.45) is 6.55. The summed E-state index contributed by atoms with van der Waals surface area (Å²) >= 11 is 0. The maximum absolute atomic E-state index is 12.0. The third-order valence-electron chi connectivity index (χ3n) is 5.54. The van der Waals surface area contributed by atoms with Crippen molar-refractivity contribution in [1.29, 1.82) is 0 Å². The Balaban J connectivity index is 1.58. The van der Waals surface area contributed by atoms with Crippen LogP contribution in [0.3, 0.4) is 0 Å². The molecule has 0 aromatic carbocycles. The number of rotatable bonds is 4. The van der Waals surface area contributed by atoms with Crippen molar-refractivity contribution in [2.75, 3.05) is 6.61 Å². The second kappa shape index (κ2) is 4.84. The lowest BCUT2D eigenvalue weighted by Gasteiger charge is -2.32. The van der Waals surface area contributed by atoms with Gasteiger partial charge in [-0.1, -0.05) is 6.42 Å². The average Bonchev–Trinajstić information content (AvgIpc) is 3.00. The second-order valence-corrected chi connectivity index (χ2v) is 6.37. The fourth-order valence-electron chi connectivity index (χ4n) is 4.86. The molecular formula is C15H25NO2. The first-order valence-electron chi connectivity index (χ1n) is 7.62. The van der Waals surface area contributed by atoms with Crippen LogP contribution in [0.25, 0.3) is 0 Å². The first-order chi connectivity index (χ1) is 8.70. The first-order valence-corrected chi connectivity index (χ1v) is 7.62. The summed E-state index contributed by atoms with van der Waals surface area (Å²) in [5, 5.41) is 3.24. The maximum atomic E-state index is 12.0. The molecule has 6 atom stereocenters. The van der Waals surface area contributed by atoms with E-state index in [1.54, 1.807) is 0 Å². The van der Waals surface area contributed by atoms with E-state index in [2.05, 4.69) is 5.32 Å². The molecule has 1 amide bonds. The number of carbonyl (C=O) groups excluding carboxylic acids is 1. The minimum Gasteiger partial charge on any atom is -0.369 e. The molecule has 3 aliphatic rings. The van der Waals surface area contributed by atoms with Crippen LogP contribution in [0.4, 0.5) is 0 Å². The average molecular weight is 251 g/mol. The van der Waals surface area contributed by atoms with Gasteiger partial charge in [0.1, 0.15) is 6.10 Å². The molecule has 0 radical (unpaired) electrons. The van der Waals surface area contributed by atoms with E-state index < -0.39 is 0 Å². The van der Waals surface area contributed by atoms with Gasteiger partial charge in [-0.25, -0.2) is 0 Å². The van der Waals surface area contributed by atoms with Crippen LogP contribution in [0, 0.1) is 23.7 Å². The van der Waals surface area contributed by atoms with Gasteiger partial charge in [-0.05, 0) is 63.2 Å². The topological polar surface area (TPSA) is 38.3 Å². The predicted molar refractivity (Wildman–Crippen MR) is 70.1 cm³/mol. The van der Waals surface area contributed by atoms with Crippen LogP contribution in [0.2, 0.25) is 0 Å². The lowest BCUT2D eigenvalue weighted by Crippen LogP contribution is -2.46. The summed E-state index contributed by atoms with van der Waals surface area (Å²) in [4.78, 5) is 12.0. The Kier molecular flexibility index (Phi) is 3.35. The SMILES string of the molecule is CCO[C@H](C)C(=O)N[C@@H]1C[C@H]2C[C@H]1[C@@H]1CCC[C@H]21. The number of hydrogen-bond donors (Lipinski definition) is 1. The molecule has 3 aliphatic carbocycles. The Morgan fingerprint density at radius 3 is 2.83 bits per heavy atom. The Hall–Kier alpha value is -0.570. The summed E-state index contributed by atoms with van der Waals surface area (Å²) < 4.78 is 5.37. The molecule has 18 heavy (non-hydrogen) atoms. The van der Waals surface area contributed by atoms with Crippen molar-refractivity contribution in [2.45, 2.75) is 58.1 Å². The van der Waals surface area contributed by atoms with Gasteiger partial charge in [0.05, 0.1) is 0 Å². The second-order valence-electron chi connectivity index (χ2n) is 6.37. The summed E-state index contributed by atoms with van der Waals surface area (Å²) in [7, 11) is 0. The summed E-state index contributed by atoms with van der Waals surface area (Å²) in [6.45, 7) is 4.39. The number of fused-ring (bicyclic) bond motifs is 5. The monoisotopic (exact) mass is 251 g/mol. The van der Waals surface area contributed by atoms with Gasteiger partial charge in [0, 0.05) is 12.6 Å². The Morgan fingerprint density at radius 1 is 1.28 bits per heavy atom. The van der Waals surface area contributed by atoms with Crippen LogP contribution in [0.5, 0.6) is 0 Å². The van der Waals surface area contributed by atoms with E-state index in [9.17, 15) is 4.79 Å². The zero-order chi connectivity index (χ0) is 12.7. The lowest BCUT2D eigenvalue weighted by molar-refractivity contribution is -0.132. The molecule has 2 bridgehead atoms. The van der Waals surface area contributed by atoms with Crippen LogP contribution in [0.1, 0.15) is 46.0 Å². The van der Waals surface area contributed by atoms with Crippen molar-refractivity contribution in [3.05, 3.63) is 0 Å². The molecule has 0 aliphatic heterocycles. The quantitative estimate of drug-likeness (QED) is 0.833. The zero-order valence-electron chi connectivity index (χ0n) is 11.5. The van der Waals surface area contributed by atoms with Gasteiger partial charge in [0.2, 0.25) is 5.91 Å². The molecular weight excluding hydrogens is 226 g/mol. The van der Waals surface area contributed by atoms with Gasteiger partial charge in [-0.2, -0.15) is 0 Å². The number of hydrogen-bond acceptors (Lipinski definition) is 2. The summed E-state index contributed by atoms with van der Waals surface area (Å²) in [5.41, 5.74) is 0. The van der Waals surface area contributed by atoms with E-state index in [1.165, 1.54) is 32.1 Å². The van der Waals surface area contributed by atoms with E-state index >= 15 is 0 Å². The van der Waals surface area contributed by atoms with Gasteiger partial charge < -0.3 is 10.1 Å². The van der Waals surface area contributed by atoms with Crippen LogP contribution >= 0.6 is 0 Å². The maximum Gasteiger partial charge on any atom is 0.249 e. The molecule has 0 heterocycles. The molecule has 0 saturated heterocycles. The van der Waals surface area contributed by atoms with E-state index in [4.69, 9.17) is 4.74 Å². The summed E-state index contributed by atoms with van der Waals surface area (Å²) in [5.74, 6) is 3.66. The zero-order valence-corrected chi connectivity index (χ0v) is 11.5. The third kappa shape index (κ3) is 1.97. The van der Waals surface area contributed by atoms with Crippen LogP contribution in [-0.2, 0) is 9.53 Å². The molecule has 102 valence electrons. The van der Waals surface area contributed by atoms with Crippen molar-refractivity contribution in [3.8, 4) is 0 Å². The van der Waals surface area contributed by atoms with Crippen molar-refractivity contribution in [1.82, 2.24) is 5.32 Å². The van der Waals surface area contributed by atoms with Crippen LogP contribution < -0.4 is 5.32 Å². The van der Waals surface area contributed by atoms with E-state index in [1.807, 2.05) is 13.8 Å². The summed E-state index contributed by atoms with van der Waals surface area (Å²) in [6, 6.07) is 0.435. The number of nitrogens with one attached hydrogen (secondary N) is 1. The van der Waals surface area contributed by atoms with Gasteiger partial charge >= 0.3 is 0 Å². The number of amides is 1. The molecule has 0 spiro atoms. The highest BCUT2D eigenvalue weighted by atomic mass is 16.5. The highest BCUT2D eigenvalue weighted by Crippen LogP contribution is 2.58. The third-order valence-corrected chi connectivity index (χ3v) is 5.54. The van der Waals surface area contributed by atoms with Gasteiger partial charge in [0.15, 0.2) is 0 Å². The molecule has 0 aromatic rings.